The molecule has 0 fully saturated rings. The summed E-state index contributed by atoms with van der Waals surface area (Å²) in [7, 11) is 8.25. The molecule has 0 aliphatic carbocycles. The van der Waals surface area contributed by atoms with Gasteiger partial charge in [-0.05, 0) is 52.4 Å². The summed E-state index contributed by atoms with van der Waals surface area (Å²) in [4.78, 5) is 7.77. The van der Waals surface area contributed by atoms with Crippen LogP contribution in [0.2, 0.25) is 0 Å². The van der Waals surface area contributed by atoms with Gasteiger partial charge in [-0.15, -0.1) is 0 Å². The summed E-state index contributed by atoms with van der Waals surface area (Å²) < 4.78 is 28.9. The Morgan fingerprint density at radius 3 is 1.90 bits per heavy atom. The normalized spacial score (nSPS) is 15.9. The van der Waals surface area contributed by atoms with Crippen LogP contribution in [-0.2, 0) is 6.42 Å². The van der Waals surface area contributed by atoms with E-state index in [2.05, 4.69) is 65.6 Å². The Bertz CT molecular complexity index is 1600. The fraction of sp³-hybridized carbons (Fsp3) is 0.265. The molecule has 0 saturated carbocycles. The highest BCUT2D eigenvalue weighted by molar-refractivity contribution is 6.05. The highest BCUT2D eigenvalue weighted by atomic mass is 16.5. The van der Waals surface area contributed by atoms with Gasteiger partial charge in [0.1, 0.15) is 5.69 Å². The Kier molecular flexibility index (Phi) is 7.28. The lowest BCUT2D eigenvalue weighted by Gasteiger charge is -2.37. The van der Waals surface area contributed by atoms with Gasteiger partial charge in [0.25, 0.3) is 0 Å². The van der Waals surface area contributed by atoms with E-state index in [4.69, 9.17) is 28.7 Å². The molecule has 4 aromatic carbocycles. The molecule has 0 amide bonds. The number of aliphatic imine (C=N–C) groups is 1. The number of methoxy groups -OCH3 is 5. The number of hydrogen-bond donors (Lipinski definition) is 0. The van der Waals surface area contributed by atoms with Gasteiger partial charge in [0.2, 0.25) is 5.75 Å². The Balaban J connectivity index is 1.54. The summed E-state index contributed by atoms with van der Waals surface area (Å²) in [5.74, 6) is 3.10. The number of benzene rings is 4. The van der Waals surface area contributed by atoms with Gasteiger partial charge in [0.15, 0.2) is 23.0 Å². The maximum Gasteiger partial charge on any atom is 0.205 e. The molecule has 0 saturated heterocycles. The quantitative estimate of drug-likeness (QED) is 0.263. The molecular formula is C34H34N2O5. The van der Waals surface area contributed by atoms with Crippen molar-refractivity contribution in [1.82, 2.24) is 4.90 Å². The van der Waals surface area contributed by atoms with Gasteiger partial charge in [0.05, 0.1) is 47.3 Å². The van der Waals surface area contributed by atoms with Crippen molar-refractivity contribution in [3.63, 3.8) is 0 Å². The molecule has 6 rings (SSSR count). The Hall–Kier alpha value is -4.49. The summed E-state index contributed by atoms with van der Waals surface area (Å²) in [6.45, 7) is 1.51. The molecule has 7 nitrogen and oxygen atoms in total. The number of ether oxygens (including phenoxy) is 5. The van der Waals surface area contributed by atoms with Crippen LogP contribution < -0.4 is 23.7 Å². The predicted octanol–water partition coefficient (Wildman–Crippen LogP) is 6.48. The molecule has 1 unspecified atom stereocenters. The average molecular weight is 551 g/mol. The lowest BCUT2D eigenvalue weighted by atomic mass is 9.86. The second-order valence-corrected chi connectivity index (χ2v) is 10.1. The summed E-state index contributed by atoms with van der Waals surface area (Å²) in [5, 5.41) is 0. The van der Waals surface area contributed by atoms with Crippen molar-refractivity contribution in [3.05, 3.63) is 95.1 Å². The number of fused-ring (bicyclic) bond motifs is 5. The minimum atomic E-state index is -0.105. The van der Waals surface area contributed by atoms with Crippen molar-refractivity contribution in [2.45, 2.75) is 12.5 Å². The highest BCUT2D eigenvalue weighted by Gasteiger charge is 2.37. The zero-order valence-electron chi connectivity index (χ0n) is 24.1. The molecule has 0 bridgehead atoms. The summed E-state index contributed by atoms with van der Waals surface area (Å²) in [5.41, 5.74) is 8.47. The van der Waals surface area contributed by atoms with E-state index in [9.17, 15) is 0 Å². The largest absolute Gasteiger partial charge is 0.493 e. The van der Waals surface area contributed by atoms with Gasteiger partial charge >= 0.3 is 0 Å². The van der Waals surface area contributed by atoms with Crippen molar-refractivity contribution in [2.24, 2.45) is 4.99 Å². The zero-order chi connectivity index (χ0) is 28.5. The minimum Gasteiger partial charge on any atom is -0.493 e. The Morgan fingerprint density at radius 2 is 1.24 bits per heavy atom. The molecule has 4 aromatic rings. The first-order valence-electron chi connectivity index (χ1n) is 13.6. The lowest BCUT2D eigenvalue weighted by molar-refractivity contribution is 0.244. The second kappa shape index (κ2) is 11.2. The molecular weight excluding hydrogens is 516 g/mol. The molecule has 2 aliphatic heterocycles. The maximum absolute atomic E-state index is 5.97. The standard InChI is InChI=1S/C34H34N2O5/c1-37-28-17-24-15-16-36-20-27(23-13-11-22(12-14-23)21-9-7-6-8-10-21)35-31-26(32(36)25(24)18-29(28)38-2)19-30(39-3)33(40-4)34(31)41-5/h6-14,17-19,32H,15-16,20H2,1-5H3. The molecule has 210 valence electrons. The molecule has 1 atom stereocenters. The molecule has 0 spiro atoms. The molecule has 0 aromatic heterocycles. The van der Waals surface area contributed by atoms with E-state index in [0.29, 0.717) is 29.5 Å². The van der Waals surface area contributed by atoms with Gasteiger partial charge in [0, 0.05) is 18.7 Å². The van der Waals surface area contributed by atoms with Gasteiger partial charge in [-0.2, -0.15) is 0 Å². The van der Waals surface area contributed by atoms with E-state index in [1.807, 2.05) is 12.1 Å². The van der Waals surface area contributed by atoms with Crippen molar-refractivity contribution in [1.29, 1.82) is 0 Å². The van der Waals surface area contributed by atoms with Crippen LogP contribution in [0.1, 0.15) is 28.3 Å². The first-order valence-corrected chi connectivity index (χ1v) is 13.6. The van der Waals surface area contributed by atoms with Gasteiger partial charge in [-0.1, -0.05) is 54.6 Å². The third kappa shape index (κ3) is 4.66. The monoisotopic (exact) mass is 550 g/mol. The van der Waals surface area contributed by atoms with Crippen LogP contribution in [-0.4, -0.2) is 59.3 Å². The molecule has 2 heterocycles. The molecule has 7 heteroatoms. The molecule has 0 N–H and O–H groups in total. The van der Waals surface area contributed by atoms with Crippen LogP contribution >= 0.6 is 0 Å². The van der Waals surface area contributed by atoms with E-state index >= 15 is 0 Å². The van der Waals surface area contributed by atoms with Crippen LogP contribution in [0.25, 0.3) is 11.1 Å². The summed E-state index contributed by atoms with van der Waals surface area (Å²) in [6.07, 6.45) is 0.881. The van der Waals surface area contributed by atoms with Gasteiger partial charge in [-0.25, -0.2) is 4.99 Å². The van der Waals surface area contributed by atoms with E-state index < -0.39 is 0 Å². The number of nitrogens with zero attached hydrogens (tertiary/aromatic N) is 2. The zero-order valence-corrected chi connectivity index (χ0v) is 24.1. The lowest BCUT2D eigenvalue weighted by Crippen LogP contribution is -2.38. The molecule has 2 aliphatic rings. The van der Waals surface area contributed by atoms with E-state index in [1.165, 1.54) is 16.7 Å². The van der Waals surface area contributed by atoms with Crippen molar-refractivity contribution in [2.75, 3.05) is 48.6 Å². The maximum atomic E-state index is 5.97. The number of rotatable bonds is 7. The first kappa shape index (κ1) is 26.7. The average Bonchev–Trinajstić information content (AvgIpc) is 3.20. The third-order valence-electron chi connectivity index (χ3n) is 8.03. The van der Waals surface area contributed by atoms with Crippen LogP contribution in [0.3, 0.4) is 0 Å². The first-order chi connectivity index (χ1) is 20.1. The number of hydrogen-bond acceptors (Lipinski definition) is 7. The van der Waals surface area contributed by atoms with Crippen molar-refractivity contribution < 1.29 is 23.7 Å². The molecule has 41 heavy (non-hydrogen) atoms. The van der Waals surface area contributed by atoms with E-state index in [0.717, 1.165) is 46.8 Å². The fourth-order valence-corrected chi connectivity index (χ4v) is 6.02. The van der Waals surface area contributed by atoms with Crippen LogP contribution in [0, 0.1) is 0 Å². The Labute approximate surface area is 240 Å². The van der Waals surface area contributed by atoms with Crippen LogP contribution in [0.4, 0.5) is 5.69 Å². The highest BCUT2D eigenvalue weighted by Crippen LogP contribution is 2.53. The van der Waals surface area contributed by atoms with Crippen LogP contribution in [0.15, 0.2) is 77.8 Å². The summed E-state index contributed by atoms with van der Waals surface area (Å²) in [6, 6.07) is 25.1. The smallest absolute Gasteiger partial charge is 0.205 e. The SMILES string of the molecule is COc1cc2c(cc1OC)C1c3cc(OC)c(OC)c(OC)c3N=C(c3ccc(-c4ccccc4)cc3)CN1CC2. The Morgan fingerprint density at radius 1 is 0.634 bits per heavy atom. The van der Waals surface area contributed by atoms with Crippen molar-refractivity contribution >= 4 is 11.4 Å². The van der Waals surface area contributed by atoms with E-state index in [1.54, 1.807) is 35.5 Å². The predicted molar refractivity (Wildman–Crippen MR) is 161 cm³/mol. The summed E-state index contributed by atoms with van der Waals surface area (Å²) >= 11 is 0. The minimum absolute atomic E-state index is 0.105. The second-order valence-electron chi connectivity index (χ2n) is 10.1. The fourth-order valence-electron chi connectivity index (χ4n) is 6.02. The van der Waals surface area contributed by atoms with Crippen molar-refractivity contribution in [3.8, 4) is 39.9 Å². The van der Waals surface area contributed by atoms with Crippen LogP contribution in [0.5, 0.6) is 28.7 Å². The van der Waals surface area contributed by atoms with E-state index in [-0.39, 0.29) is 6.04 Å². The molecule has 0 radical (unpaired) electrons. The van der Waals surface area contributed by atoms with Gasteiger partial charge in [-0.3, -0.25) is 4.90 Å². The topological polar surface area (TPSA) is 61.8 Å². The van der Waals surface area contributed by atoms with Gasteiger partial charge < -0.3 is 23.7 Å². The third-order valence-corrected chi connectivity index (χ3v) is 8.03.